The van der Waals surface area contributed by atoms with Crippen LogP contribution < -0.4 is 5.73 Å². The maximum atomic E-state index is 10.2. The van der Waals surface area contributed by atoms with Crippen LogP contribution in [0.15, 0.2) is 78.9 Å². The number of halogens is 1. The van der Waals surface area contributed by atoms with E-state index in [2.05, 4.69) is 6.07 Å². The summed E-state index contributed by atoms with van der Waals surface area (Å²) < 4.78 is 0. The molecule has 112 valence electrons. The molecule has 0 radical (unpaired) electrons. The van der Waals surface area contributed by atoms with Crippen LogP contribution in [-0.2, 0) is 5.41 Å². The van der Waals surface area contributed by atoms with Crippen molar-refractivity contribution in [3.8, 4) is 6.07 Å². The Kier molecular flexibility index (Phi) is 4.06. The standard InChI is InChI=1S/C20H15ClN2/c21-19-13-17(23)11-12-18(19)20(14-22,15-7-3-1-4-8-15)16-9-5-2-6-10-16/h1-13H,23H2. The molecule has 0 bridgehead atoms. The minimum absolute atomic E-state index is 0.485. The summed E-state index contributed by atoms with van der Waals surface area (Å²) in [7, 11) is 0. The highest BCUT2D eigenvalue weighted by Gasteiger charge is 2.38. The normalized spacial score (nSPS) is 11.0. The summed E-state index contributed by atoms with van der Waals surface area (Å²) in [6.07, 6.45) is 0. The zero-order valence-corrected chi connectivity index (χ0v) is 13.2. The third-order valence-electron chi connectivity index (χ3n) is 3.98. The summed E-state index contributed by atoms with van der Waals surface area (Å²) in [6.45, 7) is 0. The molecule has 2 nitrogen and oxygen atoms in total. The first-order valence-corrected chi connectivity index (χ1v) is 7.64. The molecule has 0 aromatic heterocycles. The van der Waals surface area contributed by atoms with E-state index < -0.39 is 5.41 Å². The largest absolute Gasteiger partial charge is 0.399 e. The van der Waals surface area contributed by atoms with E-state index >= 15 is 0 Å². The maximum Gasteiger partial charge on any atom is 0.134 e. The van der Waals surface area contributed by atoms with Gasteiger partial charge in [-0.1, -0.05) is 78.3 Å². The number of nitrogens with two attached hydrogens (primary N) is 1. The van der Waals surface area contributed by atoms with Crippen LogP contribution in [0.3, 0.4) is 0 Å². The van der Waals surface area contributed by atoms with Crippen molar-refractivity contribution < 1.29 is 0 Å². The molecule has 0 aliphatic rings. The van der Waals surface area contributed by atoms with Gasteiger partial charge < -0.3 is 5.73 Å². The SMILES string of the molecule is N#CC(c1ccccc1)(c1ccccc1)c1ccc(N)cc1Cl. The Morgan fingerprint density at radius 1 is 0.826 bits per heavy atom. The first kappa shape index (κ1) is 15.1. The van der Waals surface area contributed by atoms with Gasteiger partial charge in [0.1, 0.15) is 5.41 Å². The van der Waals surface area contributed by atoms with Gasteiger partial charge in [-0.15, -0.1) is 0 Å². The van der Waals surface area contributed by atoms with E-state index in [-0.39, 0.29) is 0 Å². The lowest BCUT2D eigenvalue weighted by atomic mass is 9.70. The number of anilines is 1. The minimum atomic E-state index is -0.979. The molecule has 0 aliphatic heterocycles. The molecule has 3 aromatic rings. The fraction of sp³-hybridized carbons (Fsp3) is 0.0500. The molecule has 3 aromatic carbocycles. The quantitative estimate of drug-likeness (QED) is 0.558. The summed E-state index contributed by atoms with van der Waals surface area (Å²) in [5, 5.41) is 10.7. The highest BCUT2D eigenvalue weighted by atomic mass is 35.5. The zero-order valence-electron chi connectivity index (χ0n) is 12.4. The maximum absolute atomic E-state index is 10.2. The van der Waals surface area contributed by atoms with E-state index in [0.29, 0.717) is 10.7 Å². The van der Waals surface area contributed by atoms with Crippen LogP contribution in [0, 0.1) is 11.3 Å². The first-order valence-electron chi connectivity index (χ1n) is 7.26. The molecule has 0 spiro atoms. The molecule has 0 fully saturated rings. The summed E-state index contributed by atoms with van der Waals surface area (Å²) in [6, 6.07) is 27.2. The average Bonchev–Trinajstić information content (AvgIpc) is 2.59. The number of nitrogens with zero attached hydrogens (tertiary/aromatic N) is 1. The summed E-state index contributed by atoms with van der Waals surface area (Å²) in [4.78, 5) is 0. The van der Waals surface area contributed by atoms with Gasteiger partial charge in [0, 0.05) is 10.7 Å². The van der Waals surface area contributed by atoms with Crippen LogP contribution in [0.25, 0.3) is 0 Å². The van der Waals surface area contributed by atoms with E-state index in [4.69, 9.17) is 17.3 Å². The van der Waals surface area contributed by atoms with Crippen molar-refractivity contribution in [2.24, 2.45) is 0 Å². The fourth-order valence-corrected chi connectivity index (χ4v) is 3.21. The Morgan fingerprint density at radius 3 is 1.78 bits per heavy atom. The topological polar surface area (TPSA) is 49.8 Å². The van der Waals surface area contributed by atoms with Crippen molar-refractivity contribution in [2.75, 3.05) is 5.73 Å². The molecule has 0 amide bonds. The monoisotopic (exact) mass is 318 g/mol. The summed E-state index contributed by atoms with van der Waals surface area (Å²) in [5.41, 5.74) is 7.90. The second-order valence-electron chi connectivity index (χ2n) is 5.33. The summed E-state index contributed by atoms with van der Waals surface area (Å²) in [5.74, 6) is 0. The molecule has 0 saturated carbocycles. The van der Waals surface area contributed by atoms with Crippen molar-refractivity contribution in [2.45, 2.75) is 5.41 Å². The Bertz CT molecular complexity index is 812. The van der Waals surface area contributed by atoms with Crippen LogP contribution in [0.1, 0.15) is 16.7 Å². The predicted octanol–water partition coefficient (Wildman–Crippen LogP) is 4.78. The van der Waals surface area contributed by atoms with Crippen LogP contribution in [-0.4, -0.2) is 0 Å². The van der Waals surface area contributed by atoms with E-state index in [1.807, 2.05) is 66.7 Å². The Morgan fingerprint density at radius 2 is 1.35 bits per heavy atom. The lowest BCUT2D eigenvalue weighted by molar-refractivity contribution is 0.795. The first-order chi connectivity index (χ1) is 11.2. The molecule has 0 atom stereocenters. The van der Waals surface area contributed by atoms with Crippen LogP contribution in [0.4, 0.5) is 5.69 Å². The van der Waals surface area contributed by atoms with Gasteiger partial charge in [-0.3, -0.25) is 0 Å². The number of hydrogen-bond acceptors (Lipinski definition) is 2. The Hall–Kier alpha value is -2.76. The Balaban J connectivity index is 2.37. The molecule has 0 aliphatic carbocycles. The third kappa shape index (κ3) is 2.56. The van der Waals surface area contributed by atoms with Crippen molar-refractivity contribution in [1.29, 1.82) is 5.26 Å². The lowest BCUT2D eigenvalue weighted by Gasteiger charge is -2.29. The molecular formula is C20H15ClN2. The third-order valence-corrected chi connectivity index (χ3v) is 4.29. The van der Waals surface area contributed by atoms with Gasteiger partial charge in [-0.2, -0.15) is 5.26 Å². The van der Waals surface area contributed by atoms with Gasteiger partial charge in [0.2, 0.25) is 0 Å². The van der Waals surface area contributed by atoms with E-state index in [0.717, 1.165) is 16.7 Å². The molecule has 3 rings (SSSR count). The van der Waals surface area contributed by atoms with Crippen molar-refractivity contribution in [1.82, 2.24) is 0 Å². The molecular weight excluding hydrogens is 304 g/mol. The lowest BCUT2D eigenvalue weighted by Crippen LogP contribution is -2.27. The molecule has 23 heavy (non-hydrogen) atoms. The van der Waals surface area contributed by atoms with E-state index in [9.17, 15) is 5.26 Å². The van der Waals surface area contributed by atoms with Gasteiger partial charge >= 0.3 is 0 Å². The minimum Gasteiger partial charge on any atom is -0.399 e. The van der Waals surface area contributed by atoms with Gasteiger partial charge in [-0.05, 0) is 28.8 Å². The van der Waals surface area contributed by atoms with Crippen molar-refractivity contribution >= 4 is 17.3 Å². The number of benzene rings is 3. The second-order valence-corrected chi connectivity index (χ2v) is 5.74. The van der Waals surface area contributed by atoms with Crippen LogP contribution >= 0.6 is 11.6 Å². The molecule has 0 unspecified atom stereocenters. The predicted molar refractivity (Wildman–Crippen MR) is 94.2 cm³/mol. The average molecular weight is 319 g/mol. The van der Waals surface area contributed by atoms with Gasteiger partial charge in [-0.25, -0.2) is 0 Å². The highest BCUT2D eigenvalue weighted by molar-refractivity contribution is 6.32. The molecule has 3 heteroatoms. The van der Waals surface area contributed by atoms with E-state index in [1.165, 1.54) is 0 Å². The number of nitrogen functional groups attached to an aromatic ring is 1. The summed E-state index contributed by atoms with van der Waals surface area (Å²) >= 11 is 6.46. The van der Waals surface area contributed by atoms with Gasteiger partial charge in [0.25, 0.3) is 0 Å². The molecule has 2 N–H and O–H groups in total. The zero-order chi connectivity index (χ0) is 16.3. The van der Waals surface area contributed by atoms with Crippen molar-refractivity contribution in [3.05, 3.63) is 101 Å². The van der Waals surface area contributed by atoms with Crippen LogP contribution in [0.5, 0.6) is 0 Å². The molecule has 0 heterocycles. The number of nitriles is 1. The number of rotatable bonds is 3. The highest BCUT2D eigenvalue weighted by Crippen LogP contribution is 2.42. The second kappa shape index (κ2) is 6.16. The van der Waals surface area contributed by atoms with Crippen molar-refractivity contribution in [3.63, 3.8) is 0 Å². The van der Waals surface area contributed by atoms with Gasteiger partial charge in [0.05, 0.1) is 6.07 Å². The van der Waals surface area contributed by atoms with E-state index in [1.54, 1.807) is 12.1 Å². The number of hydrogen-bond donors (Lipinski definition) is 1. The Labute approximate surface area is 140 Å². The smallest absolute Gasteiger partial charge is 0.134 e. The van der Waals surface area contributed by atoms with Crippen LogP contribution in [0.2, 0.25) is 5.02 Å². The fourth-order valence-electron chi connectivity index (χ4n) is 2.88. The molecule has 0 saturated heterocycles. The van der Waals surface area contributed by atoms with Gasteiger partial charge in [0.15, 0.2) is 0 Å².